The Hall–Kier alpha value is -1.57. The number of nitrogens with two attached hydrogens (primary N) is 1. The van der Waals surface area contributed by atoms with Gasteiger partial charge in [0.2, 0.25) is 5.95 Å². The molecule has 21 heavy (non-hydrogen) atoms. The zero-order chi connectivity index (χ0) is 15.3. The van der Waals surface area contributed by atoms with Gasteiger partial charge in [0.1, 0.15) is 0 Å². The van der Waals surface area contributed by atoms with Gasteiger partial charge in [-0.3, -0.25) is 4.79 Å². The second-order valence-electron chi connectivity index (χ2n) is 5.15. The number of rotatable bonds is 8. The molecule has 1 heterocycles. The number of thioether (sulfide) groups is 1. The minimum Gasteiger partial charge on any atom is -0.469 e. The van der Waals surface area contributed by atoms with Crippen LogP contribution in [0.5, 0.6) is 6.01 Å². The Morgan fingerprint density at radius 3 is 2.76 bits per heavy atom. The molecule has 0 aliphatic heterocycles. The average molecular weight is 312 g/mol. The van der Waals surface area contributed by atoms with Crippen LogP contribution in [0.4, 0.5) is 5.95 Å². The number of aromatic nitrogens is 3. The maximum absolute atomic E-state index is 11.4. The van der Waals surface area contributed by atoms with Crippen molar-refractivity contribution in [1.29, 1.82) is 0 Å². The lowest BCUT2D eigenvalue weighted by Crippen LogP contribution is -2.13. The molecule has 116 valence electrons. The van der Waals surface area contributed by atoms with Crippen LogP contribution in [0.25, 0.3) is 0 Å². The Morgan fingerprint density at radius 2 is 2.14 bits per heavy atom. The maximum atomic E-state index is 11.4. The second-order valence-corrected chi connectivity index (χ2v) is 6.09. The predicted molar refractivity (Wildman–Crippen MR) is 79.0 cm³/mol. The van der Waals surface area contributed by atoms with E-state index < -0.39 is 0 Å². The highest BCUT2D eigenvalue weighted by Crippen LogP contribution is 2.51. The second kappa shape index (κ2) is 6.93. The van der Waals surface area contributed by atoms with Crippen LogP contribution in [0.15, 0.2) is 5.16 Å². The average Bonchev–Trinajstić information content (AvgIpc) is 3.22. The molecule has 7 nitrogen and oxygen atoms in total. The largest absolute Gasteiger partial charge is 0.469 e. The third-order valence-corrected chi connectivity index (χ3v) is 4.46. The Balaban J connectivity index is 1.93. The van der Waals surface area contributed by atoms with Gasteiger partial charge in [-0.2, -0.15) is 15.0 Å². The summed E-state index contributed by atoms with van der Waals surface area (Å²) in [5.74, 6) is 0.741. The quantitative estimate of drug-likeness (QED) is 0.571. The fraction of sp³-hybridized carbons (Fsp3) is 0.692. The number of nitrogens with zero attached hydrogens (tertiary/aromatic N) is 3. The summed E-state index contributed by atoms with van der Waals surface area (Å²) in [6.45, 7) is 2.55. The molecule has 1 saturated carbocycles. The molecular formula is C13H20N4O3S. The number of anilines is 1. The van der Waals surface area contributed by atoms with Crippen LogP contribution in [-0.2, 0) is 9.53 Å². The third kappa shape index (κ3) is 4.73. The summed E-state index contributed by atoms with van der Waals surface area (Å²) in [5, 5.41) is 0.532. The fourth-order valence-corrected chi connectivity index (χ4v) is 2.95. The number of hydrogen-bond donors (Lipinski definition) is 1. The molecule has 2 rings (SSSR count). The third-order valence-electron chi connectivity index (χ3n) is 3.26. The summed E-state index contributed by atoms with van der Waals surface area (Å²) in [4.78, 5) is 23.6. The SMILES string of the molecule is CCCOc1nc(N)nc(SCC2(CC(=O)OC)CC2)n1. The van der Waals surface area contributed by atoms with E-state index in [9.17, 15) is 4.79 Å². The first-order valence-electron chi connectivity index (χ1n) is 6.91. The van der Waals surface area contributed by atoms with Crippen LogP contribution in [0.3, 0.4) is 0 Å². The summed E-state index contributed by atoms with van der Waals surface area (Å²) < 4.78 is 10.1. The van der Waals surface area contributed by atoms with Crippen molar-refractivity contribution in [2.75, 3.05) is 25.2 Å². The Labute approximate surface area is 128 Å². The van der Waals surface area contributed by atoms with Gasteiger partial charge in [-0.15, -0.1) is 0 Å². The van der Waals surface area contributed by atoms with Crippen LogP contribution in [0, 0.1) is 5.41 Å². The van der Waals surface area contributed by atoms with Crippen molar-refractivity contribution < 1.29 is 14.3 Å². The van der Waals surface area contributed by atoms with E-state index in [1.165, 1.54) is 18.9 Å². The van der Waals surface area contributed by atoms with Gasteiger partial charge in [-0.1, -0.05) is 18.7 Å². The van der Waals surface area contributed by atoms with Gasteiger partial charge < -0.3 is 15.2 Å². The molecule has 0 unspecified atom stereocenters. The molecule has 8 heteroatoms. The number of methoxy groups -OCH3 is 1. The monoisotopic (exact) mass is 312 g/mol. The molecule has 0 spiro atoms. The summed E-state index contributed by atoms with van der Waals surface area (Å²) in [6, 6.07) is 0.254. The van der Waals surface area contributed by atoms with Crippen molar-refractivity contribution in [2.45, 2.75) is 37.8 Å². The van der Waals surface area contributed by atoms with E-state index in [2.05, 4.69) is 15.0 Å². The van der Waals surface area contributed by atoms with Gasteiger partial charge in [0.05, 0.1) is 20.1 Å². The molecule has 0 saturated heterocycles. The first-order valence-corrected chi connectivity index (χ1v) is 7.89. The number of carbonyl (C=O) groups excluding carboxylic acids is 1. The van der Waals surface area contributed by atoms with E-state index in [4.69, 9.17) is 15.2 Å². The smallest absolute Gasteiger partial charge is 0.322 e. The maximum Gasteiger partial charge on any atom is 0.322 e. The Kier molecular flexibility index (Phi) is 5.22. The van der Waals surface area contributed by atoms with Gasteiger partial charge in [-0.25, -0.2) is 0 Å². The fourth-order valence-electron chi connectivity index (χ4n) is 1.82. The van der Waals surface area contributed by atoms with Gasteiger partial charge in [0.25, 0.3) is 0 Å². The molecule has 1 aliphatic carbocycles. The predicted octanol–water partition coefficient (Wildman–Crippen LogP) is 1.68. The van der Waals surface area contributed by atoms with Crippen LogP contribution in [0.2, 0.25) is 0 Å². The van der Waals surface area contributed by atoms with E-state index >= 15 is 0 Å². The first-order chi connectivity index (χ1) is 10.1. The number of nitrogen functional groups attached to an aromatic ring is 1. The van der Waals surface area contributed by atoms with Gasteiger partial charge in [-0.05, 0) is 24.7 Å². The van der Waals surface area contributed by atoms with E-state index in [0.29, 0.717) is 18.2 Å². The van der Waals surface area contributed by atoms with Crippen LogP contribution in [0.1, 0.15) is 32.6 Å². The van der Waals surface area contributed by atoms with Crippen molar-refractivity contribution in [3.63, 3.8) is 0 Å². The zero-order valence-electron chi connectivity index (χ0n) is 12.3. The summed E-state index contributed by atoms with van der Waals surface area (Å²) in [6.07, 6.45) is 3.36. The summed E-state index contributed by atoms with van der Waals surface area (Å²) in [5.41, 5.74) is 5.68. The molecule has 1 aromatic heterocycles. The lowest BCUT2D eigenvalue weighted by atomic mass is 10.1. The Morgan fingerprint density at radius 1 is 1.38 bits per heavy atom. The van der Waals surface area contributed by atoms with Gasteiger partial charge >= 0.3 is 12.0 Å². The lowest BCUT2D eigenvalue weighted by molar-refractivity contribution is -0.141. The van der Waals surface area contributed by atoms with E-state index in [0.717, 1.165) is 25.0 Å². The van der Waals surface area contributed by atoms with Crippen molar-refractivity contribution >= 4 is 23.7 Å². The highest BCUT2D eigenvalue weighted by molar-refractivity contribution is 7.99. The van der Waals surface area contributed by atoms with Crippen molar-refractivity contribution in [1.82, 2.24) is 15.0 Å². The molecule has 2 N–H and O–H groups in total. The summed E-state index contributed by atoms with van der Waals surface area (Å²) >= 11 is 1.47. The van der Waals surface area contributed by atoms with Crippen LogP contribution < -0.4 is 10.5 Å². The number of esters is 1. The topological polar surface area (TPSA) is 100 Å². The van der Waals surface area contributed by atoms with E-state index in [-0.39, 0.29) is 23.3 Å². The van der Waals surface area contributed by atoms with Gasteiger partial charge in [0, 0.05) is 5.75 Å². The molecule has 0 radical (unpaired) electrons. The van der Waals surface area contributed by atoms with Crippen molar-refractivity contribution in [3.05, 3.63) is 0 Å². The highest BCUT2D eigenvalue weighted by Gasteiger charge is 2.44. The number of carbonyl (C=O) groups is 1. The first kappa shape index (κ1) is 15.8. The van der Waals surface area contributed by atoms with Crippen LogP contribution >= 0.6 is 11.8 Å². The number of hydrogen-bond acceptors (Lipinski definition) is 8. The molecule has 0 atom stereocenters. The zero-order valence-corrected chi connectivity index (χ0v) is 13.1. The van der Waals surface area contributed by atoms with Crippen LogP contribution in [-0.4, -0.2) is 40.4 Å². The molecule has 0 aromatic carbocycles. The normalized spacial score (nSPS) is 15.5. The molecule has 1 aromatic rings. The minimum absolute atomic E-state index is 0.0175. The standard InChI is InChI=1S/C13H20N4O3S/c1-3-6-20-11-15-10(14)16-12(17-11)21-8-13(4-5-13)7-9(18)19-2/h3-8H2,1-2H3,(H2,14,15,16,17). The summed E-state index contributed by atoms with van der Waals surface area (Å²) in [7, 11) is 1.41. The molecule has 1 aliphatic rings. The molecule has 0 bridgehead atoms. The highest BCUT2D eigenvalue weighted by atomic mass is 32.2. The Bertz CT molecular complexity index is 508. The van der Waals surface area contributed by atoms with E-state index in [1.54, 1.807) is 0 Å². The van der Waals surface area contributed by atoms with E-state index in [1.807, 2.05) is 6.92 Å². The van der Waals surface area contributed by atoms with Crippen molar-refractivity contribution in [3.8, 4) is 6.01 Å². The minimum atomic E-state index is -0.171. The van der Waals surface area contributed by atoms with Gasteiger partial charge in [0.15, 0.2) is 5.16 Å². The lowest BCUT2D eigenvalue weighted by Gasteiger charge is -2.12. The molecule has 0 amide bonds. The molecule has 1 fully saturated rings. The van der Waals surface area contributed by atoms with Crippen molar-refractivity contribution in [2.24, 2.45) is 5.41 Å². The number of ether oxygens (including phenoxy) is 2. The molecular weight excluding hydrogens is 292 g/mol.